The Balaban J connectivity index is 1.64. The predicted octanol–water partition coefficient (Wildman–Crippen LogP) is 4.84. The number of nitrogens with one attached hydrogen (secondary N) is 1. The highest BCUT2D eigenvalue weighted by Gasteiger charge is 2.41. The fraction of sp³-hybridized carbons (Fsp3) is 0.733. The summed E-state index contributed by atoms with van der Waals surface area (Å²) in [5.74, 6) is 0. The first-order valence-corrected chi connectivity index (χ1v) is 8.96. The van der Waals surface area contributed by atoms with Gasteiger partial charge in [-0.3, -0.25) is 0 Å². The average molecular weight is 281 g/mol. The topological polar surface area (TPSA) is 12.0 Å². The maximum Gasteiger partial charge on any atom is 0.0649 e. The Morgan fingerprint density at radius 1 is 1.44 bits per heavy atom. The quantitative estimate of drug-likeness (QED) is 0.828. The van der Waals surface area contributed by atoms with E-state index in [1.807, 2.05) is 11.3 Å². The van der Waals surface area contributed by atoms with Gasteiger partial charge in [-0.15, -0.1) is 23.1 Å². The zero-order chi connectivity index (χ0) is 12.6. The van der Waals surface area contributed by atoms with Crippen LogP contribution in [0.1, 0.15) is 57.6 Å². The van der Waals surface area contributed by atoms with Crippen molar-refractivity contribution in [2.24, 2.45) is 5.41 Å². The highest BCUT2D eigenvalue weighted by atomic mass is 32.2. The van der Waals surface area contributed by atoms with Crippen molar-refractivity contribution in [3.8, 4) is 0 Å². The Kier molecular flexibility index (Phi) is 3.75. The van der Waals surface area contributed by atoms with Crippen molar-refractivity contribution in [1.29, 1.82) is 0 Å². The van der Waals surface area contributed by atoms with E-state index >= 15 is 0 Å². The second-order valence-corrected chi connectivity index (χ2v) is 8.63. The van der Waals surface area contributed by atoms with Crippen LogP contribution in [-0.2, 0) is 0 Å². The zero-order valence-corrected chi connectivity index (χ0v) is 13.0. The maximum atomic E-state index is 3.88. The number of rotatable bonds is 5. The van der Waals surface area contributed by atoms with Gasteiger partial charge in [0.2, 0.25) is 0 Å². The van der Waals surface area contributed by atoms with Crippen LogP contribution in [-0.4, -0.2) is 11.8 Å². The molecule has 3 heteroatoms. The normalized spacial score (nSPS) is 29.0. The molecule has 1 unspecified atom stereocenters. The smallest absolute Gasteiger partial charge is 0.0649 e. The first-order valence-electron chi connectivity index (χ1n) is 7.20. The third-order valence-electron chi connectivity index (χ3n) is 4.37. The van der Waals surface area contributed by atoms with Crippen LogP contribution in [0, 0.1) is 5.41 Å². The predicted molar refractivity (Wildman–Crippen MR) is 81.6 cm³/mol. The summed E-state index contributed by atoms with van der Waals surface area (Å²) in [7, 11) is 0. The van der Waals surface area contributed by atoms with Crippen molar-refractivity contribution < 1.29 is 0 Å². The molecule has 2 heterocycles. The van der Waals surface area contributed by atoms with Crippen LogP contribution in [0.3, 0.4) is 0 Å². The summed E-state index contributed by atoms with van der Waals surface area (Å²) in [5.41, 5.74) is 2.23. The molecule has 1 nitrogen and oxygen atoms in total. The Morgan fingerprint density at radius 3 is 3.00 bits per heavy atom. The summed E-state index contributed by atoms with van der Waals surface area (Å²) >= 11 is 3.98. The van der Waals surface area contributed by atoms with Crippen LogP contribution in [0.4, 0.5) is 0 Å². The van der Waals surface area contributed by atoms with Crippen molar-refractivity contribution in [1.82, 2.24) is 5.32 Å². The molecule has 2 atom stereocenters. The van der Waals surface area contributed by atoms with Gasteiger partial charge in [-0.2, -0.15) is 0 Å². The molecular weight excluding hydrogens is 258 g/mol. The van der Waals surface area contributed by atoms with Crippen LogP contribution in [0.15, 0.2) is 15.7 Å². The molecule has 0 radical (unpaired) electrons. The molecule has 1 aromatic rings. The van der Waals surface area contributed by atoms with Crippen LogP contribution in [0.25, 0.3) is 0 Å². The van der Waals surface area contributed by atoms with Crippen molar-refractivity contribution in [3.05, 3.63) is 17.0 Å². The van der Waals surface area contributed by atoms with E-state index in [2.05, 4.69) is 42.4 Å². The molecule has 1 saturated carbocycles. The lowest BCUT2D eigenvalue weighted by Crippen LogP contribution is -2.31. The number of hydrogen-bond donors (Lipinski definition) is 1. The Labute approximate surface area is 119 Å². The van der Waals surface area contributed by atoms with E-state index in [9.17, 15) is 0 Å². The van der Waals surface area contributed by atoms with Crippen LogP contribution < -0.4 is 5.32 Å². The molecule has 1 fully saturated rings. The number of thioether (sulfide) groups is 1. The molecule has 1 N–H and O–H groups in total. The molecule has 0 amide bonds. The lowest BCUT2D eigenvalue weighted by molar-refractivity contribution is 0.376. The fourth-order valence-electron chi connectivity index (χ4n) is 3.10. The molecule has 1 aliphatic carbocycles. The highest BCUT2D eigenvalue weighted by Crippen LogP contribution is 2.50. The van der Waals surface area contributed by atoms with Crippen molar-refractivity contribution in [3.63, 3.8) is 0 Å². The Hall–Kier alpha value is 0.0100. The molecule has 3 rings (SSSR count). The van der Waals surface area contributed by atoms with E-state index in [1.54, 1.807) is 9.77 Å². The van der Waals surface area contributed by atoms with E-state index in [1.165, 1.54) is 38.6 Å². The molecule has 18 heavy (non-hydrogen) atoms. The van der Waals surface area contributed by atoms with Gasteiger partial charge < -0.3 is 5.32 Å². The highest BCUT2D eigenvalue weighted by molar-refractivity contribution is 8.01. The van der Waals surface area contributed by atoms with E-state index in [0.717, 1.165) is 5.25 Å². The summed E-state index contributed by atoms with van der Waals surface area (Å²) in [5, 5.41) is 6.89. The molecule has 1 aliphatic heterocycles. The van der Waals surface area contributed by atoms with Gasteiger partial charge in [-0.25, -0.2) is 0 Å². The third kappa shape index (κ3) is 2.63. The Morgan fingerprint density at radius 2 is 2.28 bits per heavy atom. The van der Waals surface area contributed by atoms with Crippen molar-refractivity contribution >= 4 is 23.1 Å². The van der Waals surface area contributed by atoms with Gasteiger partial charge in [0.25, 0.3) is 0 Å². The molecule has 0 aromatic carbocycles. The minimum Gasteiger partial charge on any atom is -0.309 e. The van der Waals surface area contributed by atoms with Gasteiger partial charge >= 0.3 is 0 Å². The van der Waals surface area contributed by atoms with Gasteiger partial charge in [0.1, 0.15) is 0 Å². The van der Waals surface area contributed by atoms with E-state index in [-0.39, 0.29) is 0 Å². The lowest BCUT2D eigenvalue weighted by Gasteiger charge is -2.29. The standard InChI is InChI=1S/C15H23NS2/c1-3-5-15(6-7-15)10-16-13-9-11(2)18-14-12(13)4-8-17-14/h4,8,11,13,16H,3,5-7,9-10H2,1-2H3/t11-,13?/m0/s1. The largest absolute Gasteiger partial charge is 0.309 e. The number of fused-ring (bicyclic) bond motifs is 1. The van der Waals surface area contributed by atoms with Crippen LogP contribution in [0.2, 0.25) is 0 Å². The van der Waals surface area contributed by atoms with Crippen LogP contribution >= 0.6 is 23.1 Å². The fourth-order valence-corrected chi connectivity index (χ4v) is 5.67. The SMILES string of the molecule is CCCC1(CNC2C[C@H](C)Sc3sccc32)CC1. The lowest BCUT2D eigenvalue weighted by atomic mass is 9.98. The third-order valence-corrected chi connectivity index (χ3v) is 6.71. The van der Waals surface area contributed by atoms with Crippen LogP contribution in [0.5, 0.6) is 0 Å². The van der Waals surface area contributed by atoms with Gasteiger partial charge in [0.15, 0.2) is 0 Å². The summed E-state index contributed by atoms with van der Waals surface area (Å²) in [4.78, 5) is 0. The van der Waals surface area contributed by atoms with E-state index < -0.39 is 0 Å². The molecular formula is C15H23NS2. The monoisotopic (exact) mass is 281 g/mol. The zero-order valence-electron chi connectivity index (χ0n) is 11.4. The number of hydrogen-bond acceptors (Lipinski definition) is 3. The summed E-state index contributed by atoms with van der Waals surface area (Å²) < 4.78 is 1.55. The van der Waals surface area contributed by atoms with E-state index in [0.29, 0.717) is 11.5 Å². The second-order valence-electron chi connectivity index (χ2n) is 6.01. The second kappa shape index (κ2) is 5.18. The van der Waals surface area contributed by atoms with Gasteiger partial charge in [0, 0.05) is 17.8 Å². The summed E-state index contributed by atoms with van der Waals surface area (Å²) in [6, 6.07) is 2.94. The summed E-state index contributed by atoms with van der Waals surface area (Å²) in [6.07, 6.45) is 6.93. The Bertz CT molecular complexity index is 408. The molecule has 0 spiro atoms. The van der Waals surface area contributed by atoms with E-state index in [4.69, 9.17) is 0 Å². The van der Waals surface area contributed by atoms with Gasteiger partial charge in [-0.1, -0.05) is 20.3 Å². The van der Waals surface area contributed by atoms with Crippen molar-refractivity contribution in [2.75, 3.05) is 6.54 Å². The minimum atomic E-state index is 0.608. The molecule has 2 aliphatic rings. The number of thiophene rings is 1. The van der Waals surface area contributed by atoms with Crippen molar-refractivity contribution in [2.45, 2.75) is 61.5 Å². The minimum absolute atomic E-state index is 0.608. The first-order chi connectivity index (χ1) is 8.72. The van der Waals surface area contributed by atoms with Gasteiger partial charge in [-0.05, 0) is 48.1 Å². The molecule has 1 aromatic heterocycles. The average Bonchev–Trinajstić information content (AvgIpc) is 2.94. The molecule has 100 valence electrons. The maximum absolute atomic E-state index is 3.88. The van der Waals surface area contributed by atoms with Gasteiger partial charge in [0.05, 0.1) is 4.21 Å². The first kappa shape index (κ1) is 13.0. The molecule has 0 saturated heterocycles. The molecule has 0 bridgehead atoms. The summed E-state index contributed by atoms with van der Waals surface area (Å²) in [6.45, 7) is 5.91.